The highest BCUT2D eigenvalue weighted by Crippen LogP contribution is 2.46. The lowest BCUT2D eigenvalue weighted by molar-refractivity contribution is 0.669. The molecule has 12 aromatic rings. The molecule has 0 amide bonds. The van der Waals surface area contributed by atoms with Crippen LogP contribution < -0.4 is 4.90 Å². The summed E-state index contributed by atoms with van der Waals surface area (Å²) < 4.78 is 8.85. The van der Waals surface area contributed by atoms with Crippen molar-refractivity contribution in [2.75, 3.05) is 4.90 Å². The molecule has 10 aromatic carbocycles. The van der Waals surface area contributed by atoms with Crippen LogP contribution in [0, 0.1) is 0 Å². The lowest BCUT2D eigenvalue weighted by Crippen LogP contribution is -2.11. The van der Waals surface area contributed by atoms with Crippen molar-refractivity contribution < 1.29 is 4.42 Å². The molecule has 3 heteroatoms. The van der Waals surface area contributed by atoms with Gasteiger partial charge in [-0.1, -0.05) is 188 Å². The Hall–Kier alpha value is -8.40. The van der Waals surface area contributed by atoms with Crippen molar-refractivity contribution in [2.45, 2.75) is 0 Å². The van der Waals surface area contributed by atoms with Gasteiger partial charge in [0.25, 0.3) is 0 Å². The van der Waals surface area contributed by atoms with Gasteiger partial charge in [-0.3, -0.25) is 0 Å². The lowest BCUT2D eigenvalue weighted by Gasteiger charge is -2.28. The van der Waals surface area contributed by atoms with Crippen molar-refractivity contribution in [3.63, 3.8) is 0 Å². The van der Waals surface area contributed by atoms with Crippen molar-refractivity contribution in [3.05, 3.63) is 243 Å². The largest absolute Gasteiger partial charge is 0.456 e. The van der Waals surface area contributed by atoms with Crippen LogP contribution >= 0.6 is 0 Å². The summed E-state index contributed by atoms with van der Waals surface area (Å²) in [6, 6.07) is 87.0. The zero-order chi connectivity index (χ0) is 41.7. The van der Waals surface area contributed by atoms with Gasteiger partial charge in [-0.2, -0.15) is 0 Å². The molecule has 0 aliphatic heterocycles. The third-order valence-corrected chi connectivity index (χ3v) is 12.4. The van der Waals surface area contributed by atoms with Crippen molar-refractivity contribution in [3.8, 4) is 50.2 Å². The van der Waals surface area contributed by atoms with Crippen molar-refractivity contribution >= 4 is 60.8 Å². The van der Waals surface area contributed by atoms with E-state index < -0.39 is 0 Å². The quantitative estimate of drug-likeness (QED) is 0.153. The minimum atomic E-state index is 0.861. The molecule has 0 radical (unpaired) electrons. The minimum absolute atomic E-state index is 0.861. The highest BCUT2D eigenvalue weighted by atomic mass is 16.3. The number of rotatable bonds is 8. The fourth-order valence-corrected chi connectivity index (χ4v) is 9.48. The molecule has 0 saturated carbocycles. The van der Waals surface area contributed by atoms with Gasteiger partial charge in [0.15, 0.2) is 0 Å². The van der Waals surface area contributed by atoms with E-state index in [-0.39, 0.29) is 0 Å². The van der Waals surface area contributed by atoms with E-state index in [0.717, 1.165) is 61.3 Å². The smallest absolute Gasteiger partial charge is 0.137 e. The third kappa shape index (κ3) is 6.29. The Bertz CT molecular complexity index is 3550. The van der Waals surface area contributed by atoms with E-state index >= 15 is 0 Å². The second kappa shape index (κ2) is 15.3. The molecule has 0 unspecified atom stereocenters. The first-order valence-corrected chi connectivity index (χ1v) is 21.5. The topological polar surface area (TPSA) is 21.3 Å². The molecule has 2 heterocycles. The maximum absolute atomic E-state index is 6.44. The van der Waals surface area contributed by atoms with Crippen LogP contribution in [0.15, 0.2) is 247 Å². The molecule has 296 valence electrons. The van der Waals surface area contributed by atoms with Crippen LogP contribution in [0.5, 0.6) is 0 Å². The number of benzene rings is 10. The van der Waals surface area contributed by atoms with Gasteiger partial charge in [0.1, 0.15) is 11.2 Å². The summed E-state index contributed by atoms with van der Waals surface area (Å²) >= 11 is 0. The van der Waals surface area contributed by atoms with Crippen molar-refractivity contribution in [1.82, 2.24) is 4.57 Å². The Morgan fingerprint density at radius 1 is 0.302 bits per heavy atom. The van der Waals surface area contributed by atoms with Crippen LogP contribution in [0.25, 0.3) is 93.9 Å². The van der Waals surface area contributed by atoms with E-state index in [2.05, 4.69) is 246 Å². The zero-order valence-corrected chi connectivity index (χ0v) is 34.4. The van der Waals surface area contributed by atoms with Gasteiger partial charge in [0.05, 0.1) is 33.5 Å². The first-order valence-electron chi connectivity index (χ1n) is 21.5. The van der Waals surface area contributed by atoms with Gasteiger partial charge in [-0.05, 0) is 88.0 Å². The highest BCUT2D eigenvalue weighted by Gasteiger charge is 2.22. The molecule has 0 spiro atoms. The average molecular weight is 805 g/mol. The van der Waals surface area contributed by atoms with Crippen LogP contribution in [0.2, 0.25) is 0 Å². The Balaban J connectivity index is 0.940. The number of furan rings is 1. The second-order valence-electron chi connectivity index (χ2n) is 16.1. The lowest BCUT2D eigenvalue weighted by atomic mass is 9.97. The Morgan fingerprint density at radius 3 is 1.44 bits per heavy atom. The van der Waals surface area contributed by atoms with E-state index in [1.165, 1.54) is 49.7 Å². The SMILES string of the molecule is c1ccc(-c2ccc(-c3ccccc3N(c3ccc(-c4ccc(-c5ccccc5-n5c6ccccc6c6ccccc65)cc4)cc3)c3cccc4oc5ccccc5c34)cc2)cc1. The summed E-state index contributed by atoms with van der Waals surface area (Å²) in [7, 11) is 0. The maximum atomic E-state index is 6.44. The van der Waals surface area contributed by atoms with Crippen LogP contribution in [-0.4, -0.2) is 4.57 Å². The number of nitrogens with zero attached hydrogens (tertiary/aromatic N) is 2. The molecular formula is C60H40N2O. The van der Waals surface area contributed by atoms with Gasteiger partial charge < -0.3 is 13.9 Å². The molecular weight excluding hydrogens is 765 g/mol. The summed E-state index contributed by atoms with van der Waals surface area (Å²) in [4.78, 5) is 2.39. The molecule has 0 aliphatic carbocycles. The number of hydrogen-bond donors (Lipinski definition) is 0. The normalized spacial score (nSPS) is 11.5. The van der Waals surface area contributed by atoms with E-state index in [0.29, 0.717) is 0 Å². The number of anilines is 3. The number of hydrogen-bond acceptors (Lipinski definition) is 2. The summed E-state index contributed by atoms with van der Waals surface area (Å²) in [6.07, 6.45) is 0. The van der Waals surface area contributed by atoms with E-state index in [1.807, 2.05) is 6.07 Å². The second-order valence-corrected chi connectivity index (χ2v) is 16.1. The molecule has 0 saturated heterocycles. The van der Waals surface area contributed by atoms with Gasteiger partial charge in [-0.25, -0.2) is 0 Å². The molecule has 12 rings (SSSR count). The van der Waals surface area contributed by atoms with Gasteiger partial charge >= 0.3 is 0 Å². The Morgan fingerprint density at radius 2 is 0.762 bits per heavy atom. The fraction of sp³-hybridized carbons (Fsp3) is 0. The third-order valence-electron chi connectivity index (χ3n) is 12.4. The summed E-state index contributed by atoms with van der Waals surface area (Å²) in [5, 5.41) is 4.70. The number of aromatic nitrogens is 1. The molecule has 0 N–H and O–H groups in total. The first-order chi connectivity index (χ1) is 31.3. The Kier molecular flexibility index (Phi) is 8.83. The standard InChI is InChI=1S/C60H40N2O/c1-2-15-41(16-3-1)42-29-33-45(34-30-42)48-17-4-9-22-53(48)61(57-26-14-28-59-60(57)52-21-8-13-27-58(52)63-59)47-39-37-44(38-40-47)43-31-35-46(36-32-43)49-18-5-10-23-54(49)62-55-24-11-6-19-50(55)51-20-7-12-25-56(51)62/h1-40H. The predicted octanol–water partition coefficient (Wildman–Crippen LogP) is 16.8. The maximum Gasteiger partial charge on any atom is 0.137 e. The van der Waals surface area contributed by atoms with Gasteiger partial charge in [-0.15, -0.1) is 0 Å². The number of fused-ring (bicyclic) bond motifs is 6. The molecule has 63 heavy (non-hydrogen) atoms. The summed E-state index contributed by atoms with van der Waals surface area (Å²) in [6.45, 7) is 0. The predicted molar refractivity (Wildman–Crippen MR) is 264 cm³/mol. The number of para-hydroxylation sites is 5. The summed E-state index contributed by atoms with van der Waals surface area (Å²) in [5.74, 6) is 0. The monoisotopic (exact) mass is 804 g/mol. The molecule has 3 nitrogen and oxygen atoms in total. The molecule has 0 aliphatic rings. The van der Waals surface area contributed by atoms with E-state index in [1.54, 1.807) is 0 Å². The van der Waals surface area contributed by atoms with Gasteiger partial charge in [0.2, 0.25) is 0 Å². The molecule has 0 atom stereocenters. The zero-order valence-electron chi connectivity index (χ0n) is 34.4. The van der Waals surface area contributed by atoms with Crippen LogP contribution in [0.1, 0.15) is 0 Å². The average Bonchev–Trinajstić information content (AvgIpc) is 3.91. The first kappa shape index (κ1) is 36.5. The highest BCUT2D eigenvalue weighted by molar-refractivity contribution is 6.14. The van der Waals surface area contributed by atoms with Crippen molar-refractivity contribution in [1.29, 1.82) is 0 Å². The Labute approximate surface area is 366 Å². The van der Waals surface area contributed by atoms with Gasteiger partial charge in [0, 0.05) is 33.0 Å². The molecule has 0 fully saturated rings. The summed E-state index contributed by atoms with van der Waals surface area (Å²) in [5.41, 5.74) is 17.9. The fourth-order valence-electron chi connectivity index (χ4n) is 9.48. The van der Waals surface area contributed by atoms with E-state index in [4.69, 9.17) is 4.42 Å². The minimum Gasteiger partial charge on any atom is -0.456 e. The van der Waals surface area contributed by atoms with Crippen molar-refractivity contribution in [2.24, 2.45) is 0 Å². The van der Waals surface area contributed by atoms with Crippen LogP contribution in [-0.2, 0) is 0 Å². The van der Waals surface area contributed by atoms with Crippen LogP contribution in [0.4, 0.5) is 17.1 Å². The molecule has 0 bridgehead atoms. The van der Waals surface area contributed by atoms with E-state index in [9.17, 15) is 0 Å². The van der Waals surface area contributed by atoms with Crippen LogP contribution in [0.3, 0.4) is 0 Å². The molecule has 2 aromatic heterocycles.